The molecule has 118 valence electrons. The molecule has 0 spiro atoms. The van der Waals surface area contributed by atoms with Crippen molar-refractivity contribution in [3.63, 3.8) is 0 Å². The van der Waals surface area contributed by atoms with Crippen molar-refractivity contribution < 1.29 is 5.11 Å². The minimum absolute atomic E-state index is 0.410. The Morgan fingerprint density at radius 3 is 2.52 bits per heavy atom. The van der Waals surface area contributed by atoms with Gasteiger partial charge in [-0.25, -0.2) is 0 Å². The zero-order valence-corrected chi connectivity index (χ0v) is 13.5. The number of phenolic OH excluding ortho intramolecular Hbond substituents is 1. The topological polar surface area (TPSA) is 32.3 Å². The molecule has 1 atom stereocenters. The molecule has 0 amide bonds. The predicted molar refractivity (Wildman–Crippen MR) is 91.2 cm³/mol. The zero-order chi connectivity index (χ0) is 14.9. The number of nitrogens with one attached hydrogen (secondary N) is 1. The molecule has 1 aromatic carbocycles. The number of para-hydroxylation sites is 1. The van der Waals surface area contributed by atoms with E-state index in [1.165, 1.54) is 69.8 Å². The van der Waals surface area contributed by atoms with E-state index >= 15 is 0 Å². The molecule has 21 heavy (non-hydrogen) atoms. The molecule has 0 saturated heterocycles. The van der Waals surface area contributed by atoms with Crippen LogP contribution in [0.1, 0.15) is 82.6 Å². The average molecular weight is 289 g/mol. The summed E-state index contributed by atoms with van der Waals surface area (Å²) in [5, 5.41) is 13.3. The first kappa shape index (κ1) is 16.2. The maximum atomic E-state index is 9.92. The third-order valence-electron chi connectivity index (χ3n) is 4.72. The molecular weight excluding hydrogens is 258 g/mol. The highest BCUT2D eigenvalue weighted by Gasteiger charge is 2.21. The van der Waals surface area contributed by atoms with Gasteiger partial charge in [-0.15, -0.1) is 0 Å². The molecule has 0 bridgehead atoms. The number of anilines is 1. The van der Waals surface area contributed by atoms with Gasteiger partial charge < -0.3 is 10.4 Å². The van der Waals surface area contributed by atoms with Crippen molar-refractivity contribution >= 4 is 5.69 Å². The summed E-state index contributed by atoms with van der Waals surface area (Å²) in [7, 11) is 0. The van der Waals surface area contributed by atoms with Crippen LogP contribution >= 0.6 is 0 Å². The molecule has 0 radical (unpaired) electrons. The van der Waals surface area contributed by atoms with Crippen LogP contribution in [-0.4, -0.2) is 11.7 Å². The third-order valence-corrected chi connectivity index (χ3v) is 4.72. The summed E-state index contributed by atoms with van der Waals surface area (Å²) in [6.45, 7) is 3.26. The first-order chi connectivity index (χ1) is 10.3. The van der Waals surface area contributed by atoms with Crippen LogP contribution < -0.4 is 5.32 Å². The highest BCUT2D eigenvalue weighted by Crippen LogP contribution is 2.39. The second-order valence-electron chi connectivity index (χ2n) is 6.42. The van der Waals surface area contributed by atoms with Gasteiger partial charge in [0, 0.05) is 6.54 Å². The average Bonchev–Trinajstić information content (AvgIpc) is 2.51. The fraction of sp³-hybridized carbons (Fsp3) is 0.684. The summed E-state index contributed by atoms with van der Waals surface area (Å²) in [5.41, 5.74) is 2.30. The van der Waals surface area contributed by atoms with Crippen molar-refractivity contribution in [1.29, 1.82) is 0 Å². The van der Waals surface area contributed by atoms with Crippen LogP contribution in [0.15, 0.2) is 18.2 Å². The standard InChI is InChI=1S/C19H31NO/c1-2-3-4-5-6-7-8-9-11-16-14-15-20-19-17(16)12-10-13-18(19)21/h10,12-13,16,20-21H,2-9,11,14-15H2,1H3. The van der Waals surface area contributed by atoms with Gasteiger partial charge in [0.05, 0.1) is 5.69 Å². The molecule has 0 saturated carbocycles. The van der Waals surface area contributed by atoms with Crippen molar-refractivity contribution in [2.75, 3.05) is 11.9 Å². The van der Waals surface area contributed by atoms with E-state index in [0.717, 1.165) is 12.2 Å². The molecule has 2 nitrogen and oxygen atoms in total. The monoisotopic (exact) mass is 289 g/mol. The van der Waals surface area contributed by atoms with Gasteiger partial charge in [-0.3, -0.25) is 0 Å². The normalized spacial score (nSPS) is 17.3. The van der Waals surface area contributed by atoms with Gasteiger partial charge in [0.1, 0.15) is 5.75 Å². The summed E-state index contributed by atoms with van der Waals surface area (Å²) < 4.78 is 0. The number of rotatable bonds is 9. The molecule has 1 aliphatic rings. The van der Waals surface area contributed by atoms with Gasteiger partial charge in [0.15, 0.2) is 0 Å². The summed E-state index contributed by atoms with van der Waals surface area (Å²) in [5.74, 6) is 1.04. The van der Waals surface area contributed by atoms with Gasteiger partial charge in [-0.1, -0.05) is 70.4 Å². The lowest BCUT2D eigenvalue weighted by atomic mass is 9.86. The van der Waals surface area contributed by atoms with Crippen LogP contribution in [0.4, 0.5) is 5.69 Å². The van der Waals surface area contributed by atoms with Crippen LogP contribution in [0.5, 0.6) is 5.75 Å². The fourth-order valence-corrected chi connectivity index (χ4v) is 3.44. The van der Waals surface area contributed by atoms with Crippen LogP contribution in [-0.2, 0) is 0 Å². The van der Waals surface area contributed by atoms with E-state index in [-0.39, 0.29) is 0 Å². The largest absolute Gasteiger partial charge is 0.506 e. The maximum Gasteiger partial charge on any atom is 0.138 e. The van der Waals surface area contributed by atoms with Gasteiger partial charge >= 0.3 is 0 Å². The number of hydrogen-bond acceptors (Lipinski definition) is 2. The SMILES string of the molecule is CCCCCCCCCCC1CCNc2c(O)cccc21. The number of benzene rings is 1. The summed E-state index contributed by atoms with van der Waals surface area (Å²) in [6, 6.07) is 5.93. The zero-order valence-electron chi connectivity index (χ0n) is 13.5. The van der Waals surface area contributed by atoms with E-state index in [1.54, 1.807) is 6.07 Å². The molecule has 0 aromatic heterocycles. The van der Waals surface area contributed by atoms with Crippen LogP contribution in [0.25, 0.3) is 0 Å². The Kier molecular flexibility index (Phi) is 6.91. The third kappa shape index (κ3) is 4.94. The van der Waals surface area contributed by atoms with Gasteiger partial charge in [-0.2, -0.15) is 0 Å². The molecule has 1 unspecified atom stereocenters. The first-order valence-electron chi connectivity index (χ1n) is 8.88. The Morgan fingerprint density at radius 1 is 1.05 bits per heavy atom. The highest BCUT2D eigenvalue weighted by molar-refractivity contribution is 5.63. The molecule has 2 N–H and O–H groups in total. The van der Waals surface area contributed by atoms with Crippen molar-refractivity contribution in [3.8, 4) is 5.75 Å². The molecular formula is C19H31NO. The van der Waals surface area contributed by atoms with E-state index in [1.807, 2.05) is 6.07 Å². The molecule has 0 aliphatic carbocycles. The highest BCUT2D eigenvalue weighted by atomic mass is 16.3. The van der Waals surface area contributed by atoms with E-state index in [9.17, 15) is 5.11 Å². The molecule has 1 aromatic rings. The molecule has 0 fully saturated rings. The molecule has 1 aliphatic heterocycles. The van der Waals surface area contributed by atoms with Gasteiger partial charge in [0.2, 0.25) is 0 Å². The fourth-order valence-electron chi connectivity index (χ4n) is 3.44. The summed E-state index contributed by atoms with van der Waals surface area (Å²) >= 11 is 0. The van der Waals surface area contributed by atoms with Crippen LogP contribution in [0, 0.1) is 0 Å². The number of unbranched alkanes of at least 4 members (excludes halogenated alkanes) is 7. The lowest BCUT2D eigenvalue weighted by Gasteiger charge is -2.27. The van der Waals surface area contributed by atoms with E-state index in [0.29, 0.717) is 11.7 Å². The quantitative estimate of drug-likeness (QED) is 0.443. The predicted octanol–water partition coefficient (Wildman–Crippen LogP) is 5.82. The van der Waals surface area contributed by atoms with Crippen molar-refractivity contribution in [2.45, 2.75) is 77.0 Å². The number of aromatic hydroxyl groups is 1. The lowest BCUT2D eigenvalue weighted by Crippen LogP contribution is -2.16. The van der Waals surface area contributed by atoms with E-state index < -0.39 is 0 Å². The number of fused-ring (bicyclic) bond motifs is 1. The lowest BCUT2D eigenvalue weighted by molar-refractivity contribution is 0.468. The summed E-state index contributed by atoms with van der Waals surface area (Å²) in [6.07, 6.45) is 13.5. The van der Waals surface area contributed by atoms with E-state index in [2.05, 4.69) is 18.3 Å². The Morgan fingerprint density at radius 2 is 1.76 bits per heavy atom. The second-order valence-corrected chi connectivity index (χ2v) is 6.42. The van der Waals surface area contributed by atoms with E-state index in [4.69, 9.17) is 0 Å². The van der Waals surface area contributed by atoms with Gasteiger partial charge in [-0.05, 0) is 30.4 Å². The second kappa shape index (κ2) is 8.96. The molecule has 1 heterocycles. The molecule has 2 rings (SSSR count). The van der Waals surface area contributed by atoms with Crippen LogP contribution in [0.3, 0.4) is 0 Å². The van der Waals surface area contributed by atoms with Crippen molar-refractivity contribution in [3.05, 3.63) is 23.8 Å². The number of hydrogen-bond donors (Lipinski definition) is 2. The Labute approximate surface area is 130 Å². The first-order valence-corrected chi connectivity index (χ1v) is 8.88. The summed E-state index contributed by atoms with van der Waals surface area (Å²) in [4.78, 5) is 0. The maximum absolute atomic E-state index is 9.92. The minimum atomic E-state index is 0.410. The Hall–Kier alpha value is -1.18. The number of phenols is 1. The van der Waals surface area contributed by atoms with Crippen molar-refractivity contribution in [1.82, 2.24) is 0 Å². The Balaban J connectivity index is 1.67. The van der Waals surface area contributed by atoms with Crippen molar-refractivity contribution in [2.24, 2.45) is 0 Å². The minimum Gasteiger partial charge on any atom is -0.506 e. The smallest absolute Gasteiger partial charge is 0.138 e. The molecule has 2 heteroatoms. The Bertz CT molecular complexity index is 416. The van der Waals surface area contributed by atoms with Crippen LogP contribution in [0.2, 0.25) is 0 Å². The van der Waals surface area contributed by atoms with Gasteiger partial charge in [0.25, 0.3) is 0 Å².